The molecule has 1 fully saturated rings. The number of rotatable bonds is 2. The minimum Gasteiger partial charge on any atom is -0.348 e. The minimum absolute atomic E-state index is 0.115. The van der Waals surface area contributed by atoms with E-state index in [1.165, 1.54) is 12.8 Å². The molecule has 0 unspecified atom stereocenters. The van der Waals surface area contributed by atoms with Gasteiger partial charge in [0.15, 0.2) is 5.69 Å². The standard InChI is InChI=1S/C9H11Br2N3O/c10-6-7(13-14-8(6)11)9(15)12-5-3-1-2-4-5/h5H,1-4H2,(H,12,15)(H,13,14). The minimum atomic E-state index is -0.115. The van der Waals surface area contributed by atoms with Crippen molar-refractivity contribution in [3.05, 3.63) is 14.8 Å². The van der Waals surface area contributed by atoms with E-state index in [0.717, 1.165) is 12.8 Å². The summed E-state index contributed by atoms with van der Waals surface area (Å²) in [5, 5.41) is 9.61. The van der Waals surface area contributed by atoms with Crippen molar-refractivity contribution in [1.82, 2.24) is 15.5 Å². The summed E-state index contributed by atoms with van der Waals surface area (Å²) in [6, 6.07) is 0.319. The fourth-order valence-electron chi connectivity index (χ4n) is 1.78. The van der Waals surface area contributed by atoms with E-state index >= 15 is 0 Å². The third-order valence-electron chi connectivity index (χ3n) is 2.57. The van der Waals surface area contributed by atoms with E-state index in [0.29, 0.717) is 20.8 Å². The van der Waals surface area contributed by atoms with Gasteiger partial charge in [-0.15, -0.1) is 0 Å². The molecule has 15 heavy (non-hydrogen) atoms. The van der Waals surface area contributed by atoms with Crippen LogP contribution in [0.25, 0.3) is 0 Å². The lowest BCUT2D eigenvalue weighted by Crippen LogP contribution is -2.33. The maximum absolute atomic E-state index is 11.8. The SMILES string of the molecule is O=C(NC1CCCC1)c1n[nH]c(Br)c1Br. The quantitative estimate of drug-likeness (QED) is 0.872. The van der Waals surface area contributed by atoms with Crippen LogP contribution in [0, 0.1) is 0 Å². The van der Waals surface area contributed by atoms with Crippen molar-refractivity contribution in [3.8, 4) is 0 Å². The molecule has 0 atom stereocenters. The lowest BCUT2D eigenvalue weighted by Gasteiger charge is -2.10. The van der Waals surface area contributed by atoms with Gasteiger partial charge >= 0.3 is 0 Å². The number of hydrogen-bond acceptors (Lipinski definition) is 2. The van der Waals surface area contributed by atoms with Gasteiger partial charge in [0.05, 0.1) is 4.47 Å². The second-order valence-electron chi connectivity index (χ2n) is 3.66. The lowest BCUT2D eigenvalue weighted by atomic mass is 10.2. The van der Waals surface area contributed by atoms with Crippen molar-refractivity contribution in [2.45, 2.75) is 31.7 Å². The molecule has 1 aromatic heterocycles. The molecular formula is C9H11Br2N3O. The summed E-state index contributed by atoms with van der Waals surface area (Å²) in [6.07, 6.45) is 4.57. The number of nitrogens with one attached hydrogen (secondary N) is 2. The topological polar surface area (TPSA) is 57.8 Å². The maximum atomic E-state index is 11.8. The van der Waals surface area contributed by atoms with Crippen molar-refractivity contribution in [1.29, 1.82) is 0 Å². The fraction of sp³-hybridized carbons (Fsp3) is 0.556. The zero-order chi connectivity index (χ0) is 10.8. The van der Waals surface area contributed by atoms with E-state index in [4.69, 9.17) is 0 Å². The van der Waals surface area contributed by atoms with Crippen LogP contribution in [0.5, 0.6) is 0 Å². The molecule has 4 nitrogen and oxygen atoms in total. The summed E-state index contributed by atoms with van der Waals surface area (Å²) >= 11 is 6.55. The third kappa shape index (κ3) is 2.42. The number of hydrogen-bond donors (Lipinski definition) is 2. The molecule has 2 N–H and O–H groups in total. The lowest BCUT2D eigenvalue weighted by molar-refractivity contribution is 0.0932. The Labute approximate surface area is 104 Å². The molecule has 1 aliphatic carbocycles. The molecule has 1 aromatic rings. The Bertz CT molecular complexity index is 371. The Balaban J connectivity index is 2.04. The molecule has 1 amide bonds. The summed E-state index contributed by atoms with van der Waals surface area (Å²) in [6.45, 7) is 0. The predicted molar refractivity (Wildman–Crippen MR) is 63.7 cm³/mol. The van der Waals surface area contributed by atoms with Gasteiger partial charge in [0.2, 0.25) is 0 Å². The van der Waals surface area contributed by atoms with Gasteiger partial charge in [-0.2, -0.15) is 5.10 Å². The Morgan fingerprint density at radius 2 is 2.07 bits per heavy atom. The van der Waals surface area contributed by atoms with Crippen LogP contribution in [0.4, 0.5) is 0 Å². The molecule has 0 spiro atoms. The van der Waals surface area contributed by atoms with Crippen LogP contribution < -0.4 is 5.32 Å². The van der Waals surface area contributed by atoms with E-state index in [2.05, 4.69) is 47.4 Å². The summed E-state index contributed by atoms with van der Waals surface area (Å²) < 4.78 is 1.37. The smallest absolute Gasteiger partial charge is 0.273 e. The maximum Gasteiger partial charge on any atom is 0.273 e. The number of amides is 1. The van der Waals surface area contributed by atoms with Crippen molar-refractivity contribution >= 4 is 37.8 Å². The van der Waals surface area contributed by atoms with Gasteiger partial charge in [0.25, 0.3) is 5.91 Å². The molecule has 1 saturated carbocycles. The molecule has 0 aromatic carbocycles. The van der Waals surface area contributed by atoms with Crippen LogP contribution >= 0.6 is 31.9 Å². The van der Waals surface area contributed by atoms with Gasteiger partial charge < -0.3 is 5.32 Å². The van der Waals surface area contributed by atoms with E-state index < -0.39 is 0 Å². The van der Waals surface area contributed by atoms with Crippen LogP contribution in [-0.4, -0.2) is 22.1 Å². The first-order chi connectivity index (χ1) is 7.18. The van der Waals surface area contributed by atoms with Gasteiger partial charge in [0, 0.05) is 6.04 Å². The van der Waals surface area contributed by atoms with Crippen molar-refractivity contribution in [2.75, 3.05) is 0 Å². The Hall–Kier alpha value is -0.360. The third-order valence-corrected chi connectivity index (χ3v) is 4.45. The zero-order valence-electron chi connectivity index (χ0n) is 8.02. The number of nitrogens with zero attached hydrogens (tertiary/aromatic N) is 1. The average Bonchev–Trinajstić information content (AvgIpc) is 2.79. The highest BCUT2D eigenvalue weighted by molar-refractivity contribution is 9.13. The Morgan fingerprint density at radius 1 is 1.40 bits per heavy atom. The summed E-state index contributed by atoms with van der Waals surface area (Å²) in [4.78, 5) is 11.8. The predicted octanol–water partition coefficient (Wildman–Crippen LogP) is 2.61. The number of H-pyrrole nitrogens is 1. The molecule has 1 aliphatic rings. The van der Waals surface area contributed by atoms with Gasteiger partial charge in [-0.1, -0.05) is 12.8 Å². The molecule has 0 bridgehead atoms. The van der Waals surface area contributed by atoms with Gasteiger partial charge in [-0.25, -0.2) is 0 Å². The monoisotopic (exact) mass is 335 g/mol. The molecule has 6 heteroatoms. The summed E-state index contributed by atoms with van der Waals surface area (Å²) in [7, 11) is 0. The first-order valence-electron chi connectivity index (χ1n) is 4.88. The van der Waals surface area contributed by atoms with Crippen LogP contribution in [0.3, 0.4) is 0 Å². The molecule has 0 radical (unpaired) electrons. The zero-order valence-corrected chi connectivity index (χ0v) is 11.2. The number of aromatic amines is 1. The molecule has 82 valence electrons. The largest absolute Gasteiger partial charge is 0.348 e. The number of carbonyl (C=O) groups is 1. The van der Waals surface area contributed by atoms with E-state index in [-0.39, 0.29) is 5.91 Å². The molecule has 0 aliphatic heterocycles. The second kappa shape index (κ2) is 4.65. The highest BCUT2D eigenvalue weighted by atomic mass is 79.9. The Morgan fingerprint density at radius 3 is 2.60 bits per heavy atom. The first-order valence-corrected chi connectivity index (χ1v) is 6.47. The number of carbonyl (C=O) groups excluding carboxylic acids is 1. The first kappa shape index (κ1) is 11.1. The Kier molecular flexibility index (Phi) is 3.45. The number of aromatic nitrogens is 2. The average molecular weight is 337 g/mol. The van der Waals surface area contributed by atoms with Gasteiger partial charge in [0.1, 0.15) is 4.60 Å². The van der Waals surface area contributed by atoms with Crippen LogP contribution in [-0.2, 0) is 0 Å². The molecular weight excluding hydrogens is 326 g/mol. The van der Waals surface area contributed by atoms with E-state index in [9.17, 15) is 4.79 Å². The second-order valence-corrected chi connectivity index (χ2v) is 5.24. The van der Waals surface area contributed by atoms with E-state index in [1.807, 2.05) is 0 Å². The fourth-order valence-corrected chi connectivity index (χ4v) is 2.42. The van der Waals surface area contributed by atoms with Crippen LogP contribution in [0.2, 0.25) is 0 Å². The van der Waals surface area contributed by atoms with Gasteiger partial charge in [-0.05, 0) is 44.7 Å². The molecule has 2 rings (SSSR count). The summed E-state index contributed by atoms with van der Waals surface area (Å²) in [5.74, 6) is -0.115. The highest BCUT2D eigenvalue weighted by Gasteiger charge is 2.21. The van der Waals surface area contributed by atoms with Gasteiger partial charge in [-0.3, -0.25) is 9.89 Å². The van der Waals surface area contributed by atoms with Crippen molar-refractivity contribution in [2.24, 2.45) is 0 Å². The normalized spacial score (nSPS) is 16.9. The van der Waals surface area contributed by atoms with Crippen molar-refractivity contribution in [3.63, 3.8) is 0 Å². The summed E-state index contributed by atoms with van der Waals surface area (Å²) in [5.41, 5.74) is 0.411. The van der Waals surface area contributed by atoms with Crippen LogP contribution in [0.1, 0.15) is 36.2 Å². The highest BCUT2D eigenvalue weighted by Crippen LogP contribution is 2.24. The van der Waals surface area contributed by atoms with Crippen LogP contribution in [0.15, 0.2) is 9.08 Å². The van der Waals surface area contributed by atoms with E-state index in [1.54, 1.807) is 0 Å². The number of halogens is 2. The van der Waals surface area contributed by atoms with Crippen molar-refractivity contribution < 1.29 is 4.79 Å². The molecule has 1 heterocycles. The molecule has 0 saturated heterocycles.